The first-order chi connectivity index (χ1) is 12.5. The number of halogens is 1. The molecule has 26 heavy (non-hydrogen) atoms. The van der Waals surface area contributed by atoms with Crippen molar-refractivity contribution in [2.45, 2.75) is 6.42 Å². The summed E-state index contributed by atoms with van der Waals surface area (Å²) in [6.07, 6.45) is 2.27. The Balaban J connectivity index is 1.65. The fraction of sp³-hybridized carbons (Fsp3) is 0.316. The van der Waals surface area contributed by atoms with Crippen molar-refractivity contribution in [3.8, 4) is 0 Å². The van der Waals surface area contributed by atoms with Gasteiger partial charge in [-0.05, 0) is 30.7 Å². The smallest absolute Gasteiger partial charge is 0.253 e. The van der Waals surface area contributed by atoms with Gasteiger partial charge in [-0.15, -0.1) is 0 Å². The van der Waals surface area contributed by atoms with Gasteiger partial charge in [-0.2, -0.15) is 0 Å². The maximum Gasteiger partial charge on any atom is 0.253 e. The van der Waals surface area contributed by atoms with E-state index in [1.807, 2.05) is 24.3 Å². The van der Waals surface area contributed by atoms with Crippen LogP contribution in [0.15, 0.2) is 42.6 Å². The van der Waals surface area contributed by atoms with Gasteiger partial charge in [-0.3, -0.25) is 9.59 Å². The third kappa shape index (κ3) is 3.96. The molecule has 2 amide bonds. The summed E-state index contributed by atoms with van der Waals surface area (Å²) in [6, 6.07) is 10.9. The van der Waals surface area contributed by atoms with Gasteiger partial charge in [0, 0.05) is 38.9 Å². The summed E-state index contributed by atoms with van der Waals surface area (Å²) >= 11 is 6.25. The van der Waals surface area contributed by atoms with E-state index in [1.54, 1.807) is 26.2 Å². The van der Waals surface area contributed by atoms with Crippen molar-refractivity contribution in [2.24, 2.45) is 5.92 Å². The molecule has 1 N–H and O–H groups in total. The van der Waals surface area contributed by atoms with E-state index in [-0.39, 0.29) is 17.7 Å². The number of carbonyl (C=O) groups is 2. The number of amides is 2. The van der Waals surface area contributed by atoms with Crippen molar-refractivity contribution in [3.63, 3.8) is 0 Å². The monoisotopic (exact) mass is 372 g/mol. The van der Waals surface area contributed by atoms with Crippen molar-refractivity contribution in [1.82, 2.24) is 9.88 Å². The van der Waals surface area contributed by atoms with E-state index in [4.69, 9.17) is 11.6 Å². The molecule has 1 aromatic carbocycles. The molecule has 1 saturated heterocycles. The van der Waals surface area contributed by atoms with Crippen LogP contribution in [0.2, 0.25) is 5.02 Å². The van der Waals surface area contributed by atoms with Gasteiger partial charge in [0.15, 0.2) is 0 Å². The Hall–Kier alpha value is -2.60. The zero-order valence-corrected chi connectivity index (χ0v) is 15.5. The van der Waals surface area contributed by atoms with E-state index >= 15 is 0 Å². The van der Waals surface area contributed by atoms with Gasteiger partial charge in [0.2, 0.25) is 5.91 Å². The topological polar surface area (TPSA) is 65.5 Å². The Labute approximate surface area is 157 Å². The third-order valence-corrected chi connectivity index (χ3v) is 4.74. The molecule has 1 aliphatic heterocycles. The number of pyridine rings is 1. The van der Waals surface area contributed by atoms with Gasteiger partial charge in [0.1, 0.15) is 5.82 Å². The zero-order chi connectivity index (χ0) is 18.7. The number of hydrogen-bond donors (Lipinski definition) is 1. The molecule has 3 rings (SSSR count). The lowest BCUT2D eigenvalue weighted by Crippen LogP contribution is -2.27. The molecule has 0 aliphatic carbocycles. The maximum absolute atomic E-state index is 12.6. The maximum atomic E-state index is 12.6. The predicted molar refractivity (Wildman–Crippen MR) is 103 cm³/mol. The number of anilines is 2. The number of nitrogens with zero attached hydrogens (tertiary/aromatic N) is 3. The van der Waals surface area contributed by atoms with E-state index in [0.29, 0.717) is 22.9 Å². The molecule has 7 heteroatoms. The van der Waals surface area contributed by atoms with Crippen LogP contribution in [0.1, 0.15) is 16.8 Å². The third-order valence-electron chi connectivity index (χ3n) is 4.42. The van der Waals surface area contributed by atoms with Crippen LogP contribution in [-0.2, 0) is 4.79 Å². The van der Waals surface area contributed by atoms with Crippen molar-refractivity contribution < 1.29 is 9.59 Å². The number of rotatable bonds is 4. The van der Waals surface area contributed by atoms with Crippen LogP contribution < -0.4 is 10.2 Å². The number of aromatic nitrogens is 1. The molecule has 2 heterocycles. The Morgan fingerprint density at radius 2 is 2.04 bits per heavy atom. The molecule has 0 saturated carbocycles. The summed E-state index contributed by atoms with van der Waals surface area (Å²) in [4.78, 5) is 32.4. The minimum Gasteiger partial charge on any atom is -0.370 e. The Bertz CT molecular complexity index is 825. The standard InChI is InChI=1S/C19H21ClN4O2/c1-23(2)19(26)13-7-9-21-17(11-13)22-18(25)14-8-10-24(12-14)16-6-4-3-5-15(16)20/h3-7,9,11,14H,8,10,12H2,1-2H3,(H,21,22,25). The first kappa shape index (κ1) is 18.2. The second kappa shape index (κ2) is 7.74. The van der Waals surface area contributed by atoms with Gasteiger partial charge in [0.25, 0.3) is 5.91 Å². The van der Waals surface area contributed by atoms with Gasteiger partial charge < -0.3 is 15.1 Å². The molecule has 0 spiro atoms. The number of benzene rings is 1. The van der Waals surface area contributed by atoms with Crippen LogP contribution in [0.25, 0.3) is 0 Å². The lowest BCUT2D eigenvalue weighted by Gasteiger charge is -2.19. The number of carbonyl (C=O) groups excluding carboxylic acids is 2. The first-order valence-corrected chi connectivity index (χ1v) is 8.81. The number of hydrogen-bond acceptors (Lipinski definition) is 4. The van der Waals surface area contributed by atoms with Crippen LogP contribution in [0.3, 0.4) is 0 Å². The average Bonchev–Trinajstić information content (AvgIpc) is 3.11. The van der Waals surface area contributed by atoms with E-state index < -0.39 is 0 Å². The van der Waals surface area contributed by atoms with E-state index in [2.05, 4.69) is 15.2 Å². The molecular weight excluding hydrogens is 352 g/mol. The van der Waals surface area contributed by atoms with Gasteiger partial charge in [-0.1, -0.05) is 23.7 Å². The molecule has 2 aromatic rings. The van der Waals surface area contributed by atoms with Crippen LogP contribution >= 0.6 is 11.6 Å². The Kier molecular flexibility index (Phi) is 5.42. The second-order valence-corrected chi connectivity index (χ2v) is 6.91. The van der Waals surface area contributed by atoms with E-state index in [9.17, 15) is 9.59 Å². The highest BCUT2D eigenvalue weighted by Crippen LogP contribution is 2.30. The van der Waals surface area contributed by atoms with Crippen molar-refractivity contribution in [2.75, 3.05) is 37.4 Å². The van der Waals surface area contributed by atoms with E-state index in [0.717, 1.165) is 18.7 Å². The molecule has 0 radical (unpaired) electrons. The SMILES string of the molecule is CN(C)C(=O)c1ccnc(NC(=O)C2CCN(c3ccccc3Cl)C2)c1. The largest absolute Gasteiger partial charge is 0.370 e. The van der Waals surface area contributed by atoms with Crippen LogP contribution in [-0.4, -0.2) is 48.9 Å². The lowest BCUT2D eigenvalue weighted by molar-refractivity contribution is -0.119. The molecule has 1 fully saturated rings. The minimum atomic E-state index is -0.152. The highest BCUT2D eigenvalue weighted by atomic mass is 35.5. The van der Waals surface area contributed by atoms with Crippen LogP contribution in [0.4, 0.5) is 11.5 Å². The molecule has 1 atom stereocenters. The lowest BCUT2D eigenvalue weighted by atomic mass is 10.1. The number of para-hydroxylation sites is 1. The molecule has 0 bridgehead atoms. The zero-order valence-electron chi connectivity index (χ0n) is 14.8. The second-order valence-electron chi connectivity index (χ2n) is 6.50. The van der Waals surface area contributed by atoms with Crippen molar-refractivity contribution >= 4 is 34.9 Å². The van der Waals surface area contributed by atoms with E-state index in [1.165, 1.54) is 11.1 Å². The molecular formula is C19H21ClN4O2. The quantitative estimate of drug-likeness (QED) is 0.896. The van der Waals surface area contributed by atoms with Crippen LogP contribution in [0.5, 0.6) is 0 Å². The summed E-state index contributed by atoms with van der Waals surface area (Å²) in [5.41, 5.74) is 1.44. The Morgan fingerprint density at radius 1 is 1.27 bits per heavy atom. The summed E-state index contributed by atoms with van der Waals surface area (Å²) in [7, 11) is 3.37. The van der Waals surface area contributed by atoms with Crippen LogP contribution in [0, 0.1) is 5.92 Å². The number of nitrogens with one attached hydrogen (secondary N) is 1. The normalized spacial score (nSPS) is 16.4. The molecule has 1 aliphatic rings. The summed E-state index contributed by atoms with van der Waals surface area (Å²) in [5.74, 6) is 0.00957. The fourth-order valence-electron chi connectivity index (χ4n) is 3.02. The van der Waals surface area contributed by atoms with Gasteiger partial charge in [-0.25, -0.2) is 4.98 Å². The molecule has 6 nitrogen and oxygen atoms in total. The van der Waals surface area contributed by atoms with Crippen molar-refractivity contribution in [3.05, 3.63) is 53.2 Å². The highest BCUT2D eigenvalue weighted by molar-refractivity contribution is 6.33. The molecule has 1 unspecified atom stereocenters. The Morgan fingerprint density at radius 3 is 2.77 bits per heavy atom. The highest BCUT2D eigenvalue weighted by Gasteiger charge is 2.29. The summed E-state index contributed by atoms with van der Waals surface area (Å²) < 4.78 is 0. The fourth-order valence-corrected chi connectivity index (χ4v) is 3.27. The van der Waals surface area contributed by atoms with Gasteiger partial charge in [0.05, 0.1) is 16.6 Å². The molecule has 1 aromatic heterocycles. The summed E-state index contributed by atoms with van der Waals surface area (Å²) in [6.45, 7) is 1.38. The molecule has 136 valence electrons. The summed E-state index contributed by atoms with van der Waals surface area (Å²) in [5, 5.41) is 3.51. The predicted octanol–water partition coefficient (Wildman–Crippen LogP) is 2.90. The van der Waals surface area contributed by atoms with Gasteiger partial charge >= 0.3 is 0 Å². The first-order valence-electron chi connectivity index (χ1n) is 8.44. The minimum absolute atomic E-state index is 0.0958. The average molecular weight is 373 g/mol. The van der Waals surface area contributed by atoms with Crippen molar-refractivity contribution in [1.29, 1.82) is 0 Å².